The lowest BCUT2D eigenvalue weighted by Gasteiger charge is -2.03. The zero-order valence-corrected chi connectivity index (χ0v) is 11.1. The van der Waals surface area contributed by atoms with Gasteiger partial charge in [0.2, 0.25) is 0 Å². The van der Waals surface area contributed by atoms with Crippen LogP contribution in [-0.2, 0) is 6.42 Å². The first-order valence-electron chi connectivity index (χ1n) is 5.59. The second-order valence-electron chi connectivity index (χ2n) is 4.05. The SMILES string of the molecule is Fc1ccccc1Cc1ncc2c(Br)cccn12. The van der Waals surface area contributed by atoms with E-state index in [0.29, 0.717) is 12.0 Å². The zero-order valence-electron chi connectivity index (χ0n) is 9.48. The molecule has 0 atom stereocenters. The van der Waals surface area contributed by atoms with Gasteiger partial charge >= 0.3 is 0 Å². The maximum absolute atomic E-state index is 13.6. The first kappa shape index (κ1) is 11.4. The number of aromatic nitrogens is 2. The molecule has 0 amide bonds. The van der Waals surface area contributed by atoms with Crippen LogP contribution in [0.2, 0.25) is 0 Å². The van der Waals surface area contributed by atoms with E-state index >= 15 is 0 Å². The van der Waals surface area contributed by atoms with Gasteiger partial charge in [-0.25, -0.2) is 9.37 Å². The summed E-state index contributed by atoms with van der Waals surface area (Å²) in [6, 6.07) is 10.7. The van der Waals surface area contributed by atoms with Gasteiger partial charge in [0.1, 0.15) is 11.6 Å². The van der Waals surface area contributed by atoms with Crippen molar-refractivity contribution in [3.05, 3.63) is 70.5 Å². The van der Waals surface area contributed by atoms with Crippen LogP contribution >= 0.6 is 15.9 Å². The molecule has 3 rings (SSSR count). The topological polar surface area (TPSA) is 17.3 Å². The quantitative estimate of drug-likeness (QED) is 0.703. The van der Waals surface area contributed by atoms with Crippen LogP contribution in [0, 0.1) is 5.82 Å². The lowest BCUT2D eigenvalue weighted by Crippen LogP contribution is -1.98. The summed E-state index contributed by atoms with van der Waals surface area (Å²) in [5.41, 5.74) is 1.65. The molecule has 0 aliphatic rings. The third kappa shape index (κ3) is 1.93. The summed E-state index contributed by atoms with van der Waals surface area (Å²) in [6.45, 7) is 0. The highest BCUT2D eigenvalue weighted by molar-refractivity contribution is 9.10. The van der Waals surface area contributed by atoms with Gasteiger partial charge in [-0.05, 0) is 39.7 Å². The number of halogens is 2. The molecule has 0 unspecified atom stereocenters. The van der Waals surface area contributed by atoms with E-state index in [0.717, 1.165) is 15.8 Å². The predicted molar refractivity (Wildman–Crippen MR) is 72.1 cm³/mol. The lowest BCUT2D eigenvalue weighted by molar-refractivity contribution is 0.612. The maximum Gasteiger partial charge on any atom is 0.126 e. The fourth-order valence-electron chi connectivity index (χ4n) is 1.98. The molecular weight excluding hydrogens is 295 g/mol. The largest absolute Gasteiger partial charge is 0.302 e. The van der Waals surface area contributed by atoms with E-state index < -0.39 is 0 Å². The van der Waals surface area contributed by atoms with Crippen LogP contribution in [0.4, 0.5) is 4.39 Å². The van der Waals surface area contributed by atoms with Gasteiger partial charge in [-0.3, -0.25) is 0 Å². The average molecular weight is 305 g/mol. The third-order valence-corrected chi connectivity index (χ3v) is 3.57. The van der Waals surface area contributed by atoms with Gasteiger partial charge in [-0.15, -0.1) is 0 Å². The van der Waals surface area contributed by atoms with E-state index in [1.165, 1.54) is 6.07 Å². The normalized spacial score (nSPS) is 11.0. The molecule has 1 aromatic carbocycles. The molecule has 4 heteroatoms. The van der Waals surface area contributed by atoms with Crippen molar-refractivity contribution >= 4 is 21.4 Å². The molecule has 0 aliphatic carbocycles. The number of hydrogen-bond donors (Lipinski definition) is 0. The van der Waals surface area contributed by atoms with E-state index in [4.69, 9.17) is 0 Å². The zero-order chi connectivity index (χ0) is 12.5. The van der Waals surface area contributed by atoms with Crippen molar-refractivity contribution in [3.63, 3.8) is 0 Å². The summed E-state index contributed by atoms with van der Waals surface area (Å²) in [5, 5.41) is 0. The van der Waals surface area contributed by atoms with Crippen molar-refractivity contribution in [3.8, 4) is 0 Å². The Kier molecular flexibility index (Phi) is 2.88. The highest BCUT2D eigenvalue weighted by Gasteiger charge is 2.08. The number of nitrogens with zero attached hydrogens (tertiary/aromatic N) is 2. The van der Waals surface area contributed by atoms with Crippen molar-refractivity contribution in [1.29, 1.82) is 0 Å². The summed E-state index contributed by atoms with van der Waals surface area (Å²) >= 11 is 3.48. The molecule has 0 radical (unpaired) electrons. The average Bonchev–Trinajstić information content (AvgIpc) is 2.77. The van der Waals surface area contributed by atoms with E-state index in [1.54, 1.807) is 18.3 Å². The first-order valence-corrected chi connectivity index (χ1v) is 6.39. The predicted octanol–water partition coefficient (Wildman–Crippen LogP) is 3.83. The molecule has 0 saturated heterocycles. The highest BCUT2D eigenvalue weighted by Crippen LogP contribution is 2.20. The summed E-state index contributed by atoms with van der Waals surface area (Å²) in [7, 11) is 0. The van der Waals surface area contributed by atoms with Crippen molar-refractivity contribution in [2.75, 3.05) is 0 Å². The Labute approximate surface area is 112 Å². The molecule has 0 fully saturated rings. The van der Waals surface area contributed by atoms with Gasteiger partial charge in [0.15, 0.2) is 0 Å². The van der Waals surface area contributed by atoms with Crippen molar-refractivity contribution in [2.45, 2.75) is 6.42 Å². The smallest absolute Gasteiger partial charge is 0.126 e. The molecule has 0 saturated carbocycles. The number of rotatable bonds is 2. The number of fused-ring (bicyclic) bond motifs is 1. The summed E-state index contributed by atoms with van der Waals surface area (Å²) < 4.78 is 16.6. The van der Waals surface area contributed by atoms with E-state index in [2.05, 4.69) is 20.9 Å². The summed E-state index contributed by atoms with van der Waals surface area (Å²) in [4.78, 5) is 4.36. The Balaban J connectivity index is 2.06. The van der Waals surface area contributed by atoms with Crippen molar-refractivity contribution < 1.29 is 4.39 Å². The van der Waals surface area contributed by atoms with Gasteiger partial charge in [0, 0.05) is 17.1 Å². The van der Waals surface area contributed by atoms with Gasteiger partial charge in [0.25, 0.3) is 0 Å². The van der Waals surface area contributed by atoms with Crippen molar-refractivity contribution in [2.24, 2.45) is 0 Å². The van der Waals surface area contributed by atoms with Crippen LogP contribution in [0.3, 0.4) is 0 Å². The molecule has 2 nitrogen and oxygen atoms in total. The Morgan fingerprint density at radius 2 is 2.00 bits per heavy atom. The molecule has 18 heavy (non-hydrogen) atoms. The number of pyridine rings is 1. The molecule has 0 aliphatic heterocycles. The van der Waals surface area contributed by atoms with Gasteiger partial charge in [-0.1, -0.05) is 18.2 Å². The number of hydrogen-bond acceptors (Lipinski definition) is 1. The van der Waals surface area contributed by atoms with E-state index in [-0.39, 0.29) is 5.82 Å². The minimum absolute atomic E-state index is 0.191. The van der Waals surface area contributed by atoms with Crippen molar-refractivity contribution in [1.82, 2.24) is 9.38 Å². The Morgan fingerprint density at radius 3 is 2.83 bits per heavy atom. The van der Waals surface area contributed by atoms with Gasteiger partial charge in [-0.2, -0.15) is 0 Å². The minimum Gasteiger partial charge on any atom is -0.302 e. The summed E-state index contributed by atoms with van der Waals surface area (Å²) in [6.07, 6.45) is 4.21. The number of imidazole rings is 1. The maximum atomic E-state index is 13.6. The van der Waals surface area contributed by atoms with Gasteiger partial charge < -0.3 is 4.40 Å². The van der Waals surface area contributed by atoms with Crippen LogP contribution in [-0.4, -0.2) is 9.38 Å². The second kappa shape index (κ2) is 4.53. The first-order chi connectivity index (χ1) is 8.75. The van der Waals surface area contributed by atoms with Crippen LogP contribution < -0.4 is 0 Å². The standard InChI is InChI=1S/C14H10BrFN2/c15-11-5-3-7-18-13(11)9-17-14(18)8-10-4-1-2-6-12(10)16/h1-7,9H,8H2. The Bertz CT molecular complexity index is 706. The van der Waals surface area contributed by atoms with E-state index in [1.807, 2.05) is 28.8 Å². The monoisotopic (exact) mass is 304 g/mol. The van der Waals surface area contributed by atoms with E-state index in [9.17, 15) is 4.39 Å². The molecule has 0 spiro atoms. The minimum atomic E-state index is -0.191. The third-order valence-electron chi connectivity index (χ3n) is 2.90. The fraction of sp³-hybridized carbons (Fsp3) is 0.0714. The highest BCUT2D eigenvalue weighted by atomic mass is 79.9. The Morgan fingerprint density at radius 1 is 1.17 bits per heavy atom. The molecule has 90 valence electrons. The molecule has 3 aromatic rings. The molecular formula is C14H10BrFN2. The second-order valence-corrected chi connectivity index (χ2v) is 4.91. The molecule has 0 bridgehead atoms. The van der Waals surface area contributed by atoms with Crippen LogP contribution in [0.1, 0.15) is 11.4 Å². The number of benzene rings is 1. The summed E-state index contributed by atoms with van der Waals surface area (Å²) in [5.74, 6) is 0.639. The Hall–Kier alpha value is -1.68. The lowest BCUT2D eigenvalue weighted by atomic mass is 10.1. The van der Waals surface area contributed by atoms with Crippen LogP contribution in [0.25, 0.3) is 5.52 Å². The molecule has 2 heterocycles. The fourth-order valence-corrected chi connectivity index (χ4v) is 2.43. The molecule has 0 N–H and O–H groups in total. The molecule has 2 aromatic heterocycles. The van der Waals surface area contributed by atoms with Crippen LogP contribution in [0.5, 0.6) is 0 Å². The van der Waals surface area contributed by atoms with Crippen LogP contribution in [0.15, 0.2) is 53.3 Å². The van der Waals surface area contributed by atoms with Gasteiger partial charge in [0.05, 0.1) is 11.7 Å².